The van der Waals surface area contributed by atoms with Crippen molar-refractivity contribution in [2.45, 2.75) is 13.0 Å². The summed E-state index contributed by atoms with van der Waals surface area (Å²) in [7, 11) is 0. The number of rotatable bonds is 0. The van der Waals surface area contributed by atoms with E-state index in [1.54, 1.807) is 11.3 Å². The summed E-state index contributed by atoms with van der Waals surface area (Å²) in [5.41, 5.74) is 1.42. The highest BCUT2D eigenvalue weighted by Gasteiger charge is 2.18. The molecule has 1 aliphatic heterocycles. The van der Waals surface area contributed by atoms with Crippen LogP contribution in [-0.2, 0) is 13.0 Å². The molecule has 11 heavy (non-hydrogen) atoms. The third-order valence-electron chi connectivity index (χ3n) is 1.93. The molecular formula is C8H9ClNS+. The van der Waals surface area contributed by atoms with Gasteiger partial charge in [-0.25, -0.2) is 4.58 Å². The first-order chi connectivity index (χ1) is 5.25. The van der Waals surface area contributed by atoms with Crippen LogP contribution in [-0.4, -0.2) is 17.8 Å². The van der Waals surface area contributed by atoms with Gasteiger partial charge in [0, 0.05) is 6.42 Å². The van der Waals surface area contributed by atoms with E-state index < -0.39 is 0 Å². The summed E-state index contributed by atoms with van der Waals surface area (Å²) in [6, 6.07) is 2.08. The molecule has 1 aromatic heterocycles. The minimum absolute atomic E-state index is 0.908. The van der Waals surface area contributed by atoms with E-state index in [0.29, 0.717) is 0 Å². The second-order valence-corrected chi connectivity index (χ2v) is 4.57. The molecule has 58 valence electrons. The van der Waals surface area contributed by atoms with E-state index in [4.69, 9.17) is 11.6 Å². The molecule has 0 radical (unpaired) electrons. The van der Waals surface area contributed by atoms with Crippen molar-refractivity contribution in [3.8, 4) is 0 Å². The molecule has 0 amide bonds. The molecule has 2 rings (SSSR count). The average molecular weight is 187 g/mol. The first kappa shape index (κ1) is 7.32. The SMILES string of the molecule is C=[N+]1CCc2cc(Cl)sc2C1. The van der Waals surface area contributed by atoms with E-state index >= 15 is 0 Å². The van der Waals surface area contributed by atoms with Gasteiger partial charge in [0.2, 0.25) is 0 Å². The number of hydrogen-bond donors (Lipinski definition) is 0. The molecule has 1 aromatic rings. The fourth-order valence-corrected chi connectivity index (χ4v) is 2.72. The number of fused-ring (bicyclic) bond motifs is 1. The lowest BCUT2D eigenvalue weighted by atomic mass is 10.1. The summed E-state index contributed by atoms with van der Waals surface area (Å²) in [5, 5.41) is 0. The molecule has 3 heteroatoms. The van der Waals surface area contributed by atoms with Crippen molar-refractivity contribution in [3.63, 3.8) is 0 Å². The average Bonchev–Trinajstić information content (AvgIpc) is 2.27. The summed E-state index contributed by atoms with van der Waals surface area (Å²) in [6.45, 7) is 5.92. The quantitative estimate of drug-likeness (QED) is 0.547. The van der Waals surface area contributed by atoms with Crippen molar-refractivity contribution >= 4 is 29.7 Å². The largest absolute Gasteiger partial charge is 0.237 e. The Morgan fingerprint density at radius 3 is 3.27 bits per heavy atom. The van der Waals surface area contributed by atoms with Gasteiger partial charge in [-0.3, -0.25) is 0 Å². The summed E-state index contributed by atoms with van der Waals surface area (Å²) in [6.07, 6.45) is 1.10. The van der Waals surface area contributed by atoms with E-state index in [2.05, 4.69) is 17.4 Å². The molecule has 0 atom stereocenters. The molecule has 0 aromatic carbocycles. The van der Waals surface area contributed by atoms with E-state index in [0.717, 1.165) is 23.8 Å². The Hall–Kier alpha value is -0.340. The van der Waals surface area contributed by atoms with E-state index in [-0.39, 0.29) is 0 Å². The summed E-state index contributed by atoms with van der Waals surface area (Å²) in [5.74, 6) is 0. The Morgan fingerprint density at radius 1 is 1.64 bits per heavy atom. The summed E-state index contributed by atoms with van der Waals surface area (Å²) >= 11 is 7.56. The van der Waals surface area contributed by atoms with Crippen molar-refractivity contribution in [1.82, 2.24) is 0 Å². The van der Waals surface area contributed by atoms with Crippen LogP contribution in [0.2, 0.25) is 4.34 Å². The molecule has 0 fully saturated rings. The second-order valence-electron chi connectivity index (χ2n) is 2.80. The Labute approximate surface area is 74.9 Å². The number of thiophene rings is 1. The highest BCUT2D eigenvalue weighted by atomic mass is 35.5. The highest BCUT2D eigenvalue weighted by molar-refractivity contribution is 7.16. The monoisotopic (exact) mass is 186 g/mol. The smallest absolute Gasteiger partial charge is 0.177 e. The lowest BCUT2D eigenvalue weighted by Gasteiger charge is -2.07. The molecular weight excluding hydrogens is 178 g/mol. The van der Waals surface area contributed by atoms with Crippen molar-refractivity contribution in [2.24, 2.45) is 0 Å². The van der Waals surface area contributed by atoms with Gasteiger partial charge >= 0.3 is 0 Å². The van der Waals surface area contributed by atoms with Gasteiger partial charge in [-0.2, -0.15) is 0 Å². The van der Waals surface area contributed by atoms with E-state index in [1.807, 2.05) is 0 Å². The van der Waals surface area contributed by atoms with Crippen LogP contribution in [0.1, 0.15) is 10.4 Å². The van der Waals surface area contributed by atoms with Crippen LogP contribution >= 0.6 is 22.9 Å². The maximum absolute atomic E-state index is 5.88. The van der Waals surface area contributed by atoms with Crippen molar-refractivity contribution in [2.75, 3.05) is 6.54 Å². The maximum Gasteiger partial charge on any atom is 0.177 e. The van der Waals surface area contributed by atoms with Gasteiger partial charge in [0.15, 0.2) is 6.54 Å². The van der Waals surface area contributed by atoms with Gasteiger partial charge in [-0.1, -0.05) is 11.6 Å². The third kappa shape index (κ3) is 1.33. The molecule has 2 heterocycles. The lowest BCUT2D eigenvalue weighted by molar-refractivity contribution is -0.538. The second kappa shape index (κ2) is 2.61. The van der Waals surface area contributed by atoms with Crippen LogP contribution in [0.25, 0.3) is 0 Å². The Kier molecular flexibility index (Phi) is 1.74. The lowest BCUT2D eigenvalue weighted by Crippen LogP contribution is -2.18. The van der Waals surface area contributed by atoms with Gasteiger partial charge in [-0.15, -0.1) is 11.3 Å². The highest BCUT2D eigenvalue weighted by Crippen LogP contribution is 2.29. The predicted octanol–water partition coefficient (Wildman–Crippen LogP) is 2.17. The number of nitrogens with zero attached hydrogens (tertiary/aromatic N) is 1. The van der Waals surface area contributed by atoms with Gasteiger partial charge in [0.05, 0.1) is 9.21 Å². The molecule has 0 spiro atoms. The molecule has 1 aliphatic rings. The fraction of sp³-hybridized carbons (Fsp3) is 0.375. The van der Waals surface area contributed by atoms with Crippen LogP contribution in [0.5, 0.6) is 0 Å². The zero-order valence-corrected chi connectivity index (χ0v) is 7.71. The molecule has 0 saturated carbocycles. The minimum Gasteiger partial charge on any atom is -0.237 e. The van der Waals surface area contributed by atoms with Gasteiger partial charge in [0.1, 0.15) is 13.3 Å². The molecule has 0 unspecified atom stereocenters. The molecule has 0 N–H and O–H groups in total. The number of halogens is 1. The van der Waals surface area contributed by atoms with Crippen molar-refractivity contribution in [3.05, 3.63) is 20.8 Å². The Morgan fingerprint density at radius 2 is 2.45 bits per heavy atom. The molecule has 0 aliphatic carbocycles. The van der Waals surface area contributed by atoms with Gasteiger partial charge in [-0.05, 0) is 11.6 Å². The summed E-state index contributed by atoms with van der Waals surface area (Å²) in [4.78, 5) is 1.39. The normalized spacial score (nSPS) is 16.6. The first-order valence-corrected chi connectivity index (χ1v) is 4.77. The zero-order chi connectivity index (χ0) is 7.84. The topological polar surface area (TPSA) is 3.01 Å². The van der Waals surface area contributed by atoms with Crippen LogP contribution in [0.4, 0.5) is 0 Å². The molecule has 0 saturated heterocycles. The maximum atomic E-state index is 5.88. The Bertz CT molecular complexity index is 303. The van der Waals surface area contributed by atoms with Crippen LogP contribution in [0.15, 0.2) is 6.07 Å². The molecule has 1 nitrogen and oxygen atoms in total. The predicted molar refractivity (Wildman–Crippen MR) is 49.0 cm³/mol. The van der Waals surface area contributed by atoms with Crippen molar-refractivity contribution in [1.29, 1.82) is 0 Å². The van der Waals surface area contributed by atoms with E-state index in [1.165, 1.54) is 10.4 Å². The number of hydrogen-bond acceptors (Lipinski definition) is 1. The van der Waals surface area contributed by atoms with Gasteiger partial charge in [0.25, 0.3) is 0 Å². The molecule has 0 bridgehead atoms. The van der Waals surface area contributed by atoms with Crippen LogP contribution in [0, 0.1) is 0 Å². The van der Waals surface area contributed by atoms with Gasteiger partial charge < -0.3 is 0 Å². The zero-order valence-electron chi connectivity index (χ0n) is 6.14. The Balaban J connectivity index is 2.41. The summed E-state index contributed by atoms with van der Waals surface area (Å²) < 4.78 is 2.99. The van der Waals surface area contributed by atoms with Crippen LogP contribution < -0.4 is 0 Å². The standard InChI is InChI=1S/C8H9ClNS/c1-10-3-2-6-4-8(9)11-7(6)5-10/h4H,1-3,5H2/q+1. The van der Waals surface area contributed by atoms with Crippen LogP contribution in [0.3, 0.4) is 0 Å². The fourth-order valence-electron chi connectivity index (χ4n) is 1.34. The minimum atomic E-state index is 0.908. The van der Waals surface area contributed by atoms with Crippen molar-refractivity contribution < 1.29 is 4.58 Å². The van der Waals surface area contributed by atoms with E-state index in [9.17, 15) is 0 Å². The first-order valence-electron chi connectivity index (χ1n) is 3.58. The third-order valence-corrected chi connectivity index (χ3v) is 3.22.